The third-order valence-corrected chi connectivity index (χ3v) is 1.82. The maximum atomic E-state index is 9.19. The summed E-state index contributed by atoms with van der Waals surface area (Å²) in [6.07, 6.45) is -3.49. The highest BCUT2D eigenvalue weighted by atomic mass is 16.7. The summed E-state index contributed by atoms with van der Waals surface area (Å²) < 4.78 is 4.73. The van der Waals surface area contributed by atoms with Gasteiger partial charge in [0.2, 0.25) is 0 Å². The van der Waals surface area contributed by atoms with Crippen molar-refractivity contribution < 1.29 is 25.2 Å². The normalized spacial score (nSPS) is 51.5. The van der Waals surface area contributed by atoms with E-state index >= 15 is 0 Å². The lowest BCUT2D eigenvalue weighted by atomic mass is 10.1. The van der Waals surface area contributed by atoms with E-state index in [9.17, 15) is 5.11 Å². The number of rotatable bonds is 1. The summed E-state index contributed by atoms with van der Waals surface area (Å²) in [5.41, 5.74) is 0. The maximum absolute atomic E-state index is 9.19. The summed E-state index contributed by atoms with van der Waals surface area (Å²) in [7, 11) is 0. The van der Waals surface area contributed by atoms with Crippen LogP contribution in [0.3, 0.4) is 0 Å². The molecule has 1 aliphatic rings. The van der Waals surface area contributed by atoms with Crippen LogP contribution in [0.4, 0.5) is 0 Å². The highest BCUT2D eigenvalue weighted by molar-refractivity contribution is 4.92. The Morgan fingerprint density at radius 3 is 2.18 bits per heavy atom. The zero-order valence-electron chi connectivity index (χ0n) is 6.14. The molecule has 0 aromatic rings. The molecule has 11 heavy (non-hydrogen) atoms. The molecule has 1 heterocycles. The second kappa shape index (κ2) is 2.69. The fraction of sp³-hybridized carbons (Fsp3) is 1.00. The predicted octanol–water partition coefficient (Wildman–Crippen LogP) is -2.19. The molecular formula is C6H12O5. The van der Waals surface area contributed by atoms with E-state index in [4.69, 9.17) is 20.1 Å². The molecule has 3 unspecified atom stereocenters. The molecule has 1 fully saturated rings. The van der Waals surface area contributed by atoms with Crippen molar-refractivity contribution in [2.75, 3.05) is 6.61 Å². The Morgan fingerprint density at radius 2 is 2.00 bits per heavy atom. The first-order valence-corrected chi connectivity index (χ1v) is 3.36. The number of aliphatic hydroxyl groups excluding tert-OH is 3. The third-order valence-electron chi connectivity index (χ3n) is 1.82. The summed E-state index contributed by atoms with van der Waals surface area (Å²) in [5.74, 6) is -1.76. The molecule has 4 atom stereocenters. The van der Waals surface area contributed by atoms with Crippen molar-refractivity contribution >= 4 is 0 Å². The fourth-order valence-electron chi connectivity index (χ4n) is 1.11. The SMILES string of the molecule is CC1(O)O[C@H](CO)C(O)C1O. The molecule has 5 nitrogen and oxygen atoms in total. The number of aliphatic hydroxyl groups is 4. The van der Waals surface area contributed by atoms with E-state index in [0.29, 0.717) is 0 Å². The first-order chi connectivity index (χ1) is 4.99. The minimum atomic E-state index is -1.76. The van der Waals surface area contributed by atoms with Gasteiger partial charge in [0.25, 0.3) is 0 Å². The molecule has 0 aromatic carbocycles. The van der Waals surface area contributed by atoms with Crippen molar-refractivity contribution in [3.8, 4) is 0 Å². The lowest BCUT2D eigenvalue weighted by Gasteiger charge is -2.19. The second-order valence-corrected chi connectivity index (χ2v) is 2.83. The monoisotopic (exact) mass is 164 g/mol. The molecule has 0 amide bonds. The maximum Gasteiger partial charge on any atom is 0.192 e. The van der Waals surface area contributed by atoms with E-state index in [1.807, 2.05) is 0 Å². The van der Waals surface area contributed by atoms with E-state index < -0.39 is 30.7 Å². The van der Waals surface area contributed by atoms with Gasteiger partial charge in [0.05, 0.1) is 6.61 Å². The third kappa shape index (κ3) is 1.38. The predicted molar refractivity (Wildman–Crippen MR) is 34.6 cm³/mol. The molecule has 0 spiro atoms. The van der Waals surface area contributed by atoms with Crippen molar-refractivity contribution in [1.29, 1.82) is 0 Å². The highest BCUT2D eigenvalue weighted by Crippen LogP contribution is 2.27. The van der Waals surface area contributed by atoms with Crippen LogP contribution in [-0.2, 0) is 4.74 Å². The Bertz CT molecular complexity index is 146. The second-order valence-electron chi connectivity index (χ2n) is 2.83. The van der Waals surface area contributed by atoms with Crippen LogP contribution in [0.5, 0.6) is 0 Å². The Balaban J connectivity index is 2.69. The van der Waals surface area contributed by atoms with Gasteiger partial charge in [-0.2, -0.15) is 0 Å². The minimum absolute atomic E-state index is 0.422. The summed E-state index contributed by atoms with van der Waals surface area (Å²) in [6, 6.07) is 0. The van der Waals surface area contributed by atoms with Crippen LogP contribution in [0.2, 0.25) is 0 Å². The van der Waals surface area contributed by atoms with Gasteiger partial charge in [0.1, 0.15) is 18.3 Å². The topological polar surface area (TPSA) is 90.2 Å². The van der Waals surface area contributed by atoms with Crippen LogP contribution >= 0.6 is 0 Å². The minimum Gasteiger partial charge on any atom is -0.394 e. The molecule has 1 rings (SSSR count). The van der Waals surface area contributed by atoms with Crippen LogP contribution in [0.25, 0.3) is 0 Å². The fourth-order valence-corrected chi connectivity index (χ4v) is 1.11. The van der Waals surface area contributed by atoms with Crippen LogP contribution in [0.1, 0.15) is 6.92 Å². The van der Waals surface area contributed by atoms with Gasteiger partial charge in [-0.3, -0.25) is 0 Å². The summed E-state index contributed by atoms with van der Waals surface area (Å²) >= 11 is 0. The average Bonchev–Trinajstić information content (AvgIpc) is 2.13. The van der Waals surface area contributed by atoms with E-state index in [2.05, 4.69) is 0 Å². The Morgan fingerprint density at radius 1 is 1.45 bits per heavy atom. The largest absolute Gasteiger partial charge is 0.394 e. The van der Waals surface area contributed by atoms with Crippen molar-refractivity contribution in [3.05, 3.63) is 0 Å². The van der Waals surface area contributed by atoms with Gasteiger partial charge in [0.15, 0.2) is 5.79 Å². The summed E-state index contributed by atoms with van der Waals surface area (Å²) in [6.45, 7) is 0.810. The van der Waals surface area contributed by atoms with Crippen molar-refractivity contribution in [2.45, 2.75) is 31.0 Å². The molecule has 0 aliphatic carbocycles. The van der Waals surface area contributed by atoms with E-state index in [1.54, 1.807) is 0 Å². The standard InChI is InChI=1S/C6H12O5/c1-6(10)5(9)4(8)3(2-7)11-6/h3-5,7-10H,2H2,1H3/t3-,4?,5?,6?/m1/s1. The number of ether oxygens (including phenoxy) is 1. The lowest BCUT2D eigenvalue weighted by molar-refractivity contribution is -0.217. The quantitative estimate of drug-likeness (QED) is 0.353. The van der Waals surface area contributed by atoms with Gasteiger partial charge in [-0.15, -0.1) is 0 Å². The van der Waals surface area contributed by atoms with Gasteiger partial charge in [-0.25, -0.2) is 0 Å². The molecule has 66 valence electrons. The van der Waals surface area contributed by atoms with Crippen molar-refractivity contribution in [2.24, 2.45) is 0 Å². The molecule has 0 saturated carbocycles. The lowest BCUT2D eigenvalue weighted by Crippen LogP contribution is -2.40. The molecule has 0 bridgehead atoms. The number of hydrogen-bond acceptors (Lipinski definition) is 5. The Labute approximate surface area is 63.8 Å². The van der Waals surface area contributed by atoms with Gasteiger partial charge in [-0.05, 0) is 6.92 Å². The first-order valence-electron chi connectivity index (χ1n) is 3.36. The zero-order valence-corrected chi connectivity index (χ0v) is 6.14. The molecule has 5 heteroatoms. The van der Waals surface area contributed by atoms with Crippen LogP contribution < -0.4 is 0 Å². The van der Waals surface area contributed by atoms with Gasteiger partial charge in [-0.1, -0.05) is 0 Å². The Kier molecular flexibility index (Phi) is 2.17. The Hall–Kier alpha value is -0.200. The molecule has 4 N–H and O–H groups in total. The van der Waals surface area contributed by atoms with E-state index in [1.165, 1.54) is 6.92 Å². The van der Waals surface area contributed by atoms with Crippen LogP contribution in [-0.4, -0.2) is 51.1 Å². The molecule has 0 radical (unpaired) electrons. The van der Waals surface area contributed by atoms with Crippen LogP contribution in [0, 0.1) is 0 Å². The van der Waals surface area contributed by atoms with E-state index in [-0.39, 0.29) is 0 Å². The molecule has 0 aromatic heterocycles. The first kappa shape index (κ1) is 8.89. The summed E-state index contributed by atoms with van der Waals surface area (Å²) in [4.78, 5) is 0. The van der Waals surface area contributed by atoms with Gasteiger partial charge in [0, 0.05) is 0 Å². The zero-order chi connectivity index (χ0) is 8.65. The van der Waals surface area contributed by atoms with Crippen molar-refractivity contribution in [1.82, 2.24) is 0 Å². The molecule has 1 aliphatic heterocycles. The highest BCUT2D eigenvalue weighted by Gasteiger charge is 2.49. The number of hydrogen-bond donors (Lipinski definition) is 4. The van der Waals surface area contributed by atoms with Crippen LogP contribution in [0.15, 0.2) is 0 Å². The smallest absolute Gasteiger partial charge is 0.192 e. The van der Waals surface area contributed by atoms with Gasteiger partial charge < -0.3 is 25.2 Å². The molecule has 1 saturated heterocycles. The van der Waals surface area contributed by atoms with E-state index in [0.717, 1.165) is 0 Å². The van der Waals surface area contributed by atoms with Crippen molar-refractivity contribution in [3.63, 3.8) is 0 Å². The molecular weight excluding hydrogens is 152 g/mol. The van der Waals surface area contributed by atoms with Gasteiger partial charge >= 0.3 is 0 Å². The average molecular weight is 164 g/mol. The summed E-state index contributed by atoms with van der Waals surface area (Å²) in [5, 5.41) is 36.0.